The van der Waals surface area contributed by atoms with Crippen molar-refractivity contribution in [2.75, 3.05) is 55.9 Å². The Bertz CT molecular complexity index is 4440. The number of esters is 1. The van der Waals surface area contributed by atoms with E-state index in [0.717, 1.165) is 4.90 Å². The van der Waals surface area contributed by atoms with Gasteiger partial charge in [0.2, 0.25) is 11.8 Å². The van der Waals surface area contributed by atoms with Crippen molar-refractivity contribution in [1.29, 1.82) is 0 Å². The number of aliphatic hydroxyl groups excluding tert-OH is 2. The number of aromatic hydroxyl groups is 1. The van der Waals surface area contributed by atoms with Crippen molar-refractivity contribution >= 4 is 109 Å². The molecule has 0 aliphatic carbocycles. The molecule has 0 spiro atoms. The molecule has 4 aromatic carbocycles. The van der Waals surface area contributed by atoms with Crippen LogP contribution in [0.4, 0.5) is 26.7 Å². The van der Waals surface area contributed by atoms with Gasteiger partial charge in [-0.2, -0.15) is 0 Å². The summed E-state index contributed by atoms with van der Waals surface area (Å²) in [6, 6.07) is 10.1. The molecule has 11 atom stereocenters. The zero-order valence-electron chi connectivity index (χ0n) is 63.1. The van der Waals surface area contributed by atoms with Crippen LogP contribution in [0.2, 0.25) is 0 Å². The van der Waals surface area contributed by atoms with E-state index in [1.165, 1.54) is 65.4 Å². The molecule has 9 N–H and O–H groups in total. The minimum absolute atomic E-state index is 0.0580. The molecule has 4 bridgehead atoms. The van der Waals surface area contributed by atoms with E-state index in [1.54, 1.807) is 102 Å². The number of aliphatic hydroxyl groups is 2. The van der Waals surface area contributed by atoms with E-state index in [1.807, 2.05) is 6.07 Å². The lowest BCUT2D eigenvalue weighted by molar-refractivity contribution is -0.160. The van der Waals surface area contributed by atoms with Crippen LogP contribution in [0.25, 0.3) is 33.0 Å². The number of hydrogen-bond acceptors (Lipinski definition) is 22. The molecule has 1 aromatic heterocycles. The number of carbonyl (C=O) groups is 10. The summed E-state index contributed by atoms with van der Waals surface area (Å²) in [4.78, 5) is 156. The van der Waals surface area contributed by atoms with E-state index >= 15 is 4.79 Å². The fourth-order valence-electron chi connectivity index (χ4n) is 14.3. The highest BCUT2D eigenvalue weighted by Gasteiger charge is 2.50. The number of amides is 8. The lowest BCUT2D eigenvalue weighted by Gasteiger charge is -2.38. The van der Waals surface area contributed by atoms with Gasteiger partial charge in [-0.1, -0.05) is 78.3 Å². The molecule has 9 rings (SSSR count). The average molecular weight is 1490 g/mol. The Labute approximate surface area is 625 Å². The summed E-state index contributed by atoms with van der Waals surface area (Å²) >= 11 is 0. The van der Waals surface area contributed by atoms with Gasteiger partial charge in [0.05, 0.1) is 41.6 Å². The summed E-state index contributed by atoms with van der Waals surface area (Å²) in [6.45, 7) is 17.2. The van der Waals surface area contributed by atoms with Crippen LogP contribution in [0.15, 0.2) is 100.0 Å². The summed E-state index contributed by atoms with van der Waals surface area (Å²) in [6.07, 6.45) is 8.18. The minimum atomic E-state index is -2.12. The number of imide groups is 1. The molecule has 29 nitrogen and oxygen atoms in total. The van der Waals surface area contributed by atoms with Gasteiger partial charge in [-0.05, 0) is 94.2 Å². The van der Waals surface area contributed by atoms with Gasteiger partial charge >= 0.3 is 23.9 Å². The number of ether oxygens (including phenoxy) is 5. The number of carbonyl (C=O) groups excluding carboxylic acids is 10. The number of urea groups is 1. The van der Waals surface area contributed by atoms with Crippen LogP contribution in [-0.4, -0.2) is 172 Å². The normalized spacial score (nSPS) is 23.9. The number of anilines is 3. The van der Waals surface area contributed by atoms with Crippen LogP contribution in [-0.2, 0) is 59.1 Å². The number of methoxy groups -OCH3 is 1. The quantitative estimate of drug-likeness (QED) is 0.00755. The molecule has 1 fully saturated rings. The van der Waals surface area contributed by atoms with Crippen molar-refractivity contribution in [2.24, 2.45) is 41.2 Å². The number of nitrogens with two attached hydrogens (primary N) is 1. The number of fused-ring (bicyclic) bond motifs is 2. The molecular weight excluding hydrogens is 1390 g/mol. The molecule has 108 heavy (non-hydrogen) atoms. The number of primary amides is 1. The molecule has 29 heteroatoms. The highest BCUT2D eigenvalue weighted by atomic mass is 16.7. The fraction of sp³-hybridized carbons (Fsp3) is 0.494. The van der Waals surface area contributed by atoms with Gasteiger partial charge in [-0.25, -0.2) is 14.6 Å². The maximum atomic E-state index is 15.1. The highest BCUT2D eigenvalue weighted by Crippen LogP contribution is 2.49. The molecule has 8 amide bonds. The van der Waals surface area contributed by atoms with Crippen molar-refractivity contribution < 1.29 is 91.4 Å². The zero-order valence-corrected chi connectivity index (χ0v) is 63.1. The number of unbranched alkanes of at least 4 members (excludes halogenated alkanes) is 2. The Morgan fingerprint density at radius 2 is 1.57 bits per heavy atom. The number of benzene rings is 4. The zero-order chi connectivity index (χ0) is 78.7. The molecule has 5 heterocycles. The van der Waals surface area contributed by atoms with Crippen LogP contribution in [0, 0.1) is 42.4 Å². The largest absolute Gasteiger partial charge is 0.505 e. The van der Waals surface area contributed by atoms with Gasteiger partial charge in [-0.3, -0.25) is 48.1 Å². The predicted octanol–water partition coefficient (Wildman–Crippen LogP) is 8.82. The Kier molecular flexibility index (Phi) is 26.8. The van der Waals surface area contributed by atoms with Gasteiger partial charge in [0.15, 0.2) is 28.1 Å². The lowest BCUT2D eigenvalue weighted by Crippen LogP contribution is -2.46. The first-order chi connectivity index (χ1) is 51.2. The molecular formula is C79H99N9O20. The third kappa shape index (κ3) is 18.7. The number of phenolic OH excluding ortho intramolecular Hbond substituents is 1. The SMILES string of the molecule is CO[C@H]1/C=C/O[C@@]2(C)Oc3c(C)c(=O)c4c(O)c(c5oc6cc(N7CCC(N(C)C(=O)OCc8ccc(NC(=O)[C@H](CCCNC(N)=O)CC(=O)[C@@H](NC(=O)CCCCCN9C(=O)C=CC9=O)C(C)C)cc8)CC7)ccc6nc5c4c3C2=O)NC(=O)/C(C)=C\C=C\[C@H](C)[C@H](O)[C@@H](C)[C@@H](O)[C@@H](C)[C@H](OC(C)=O)[C@@H]1C. The lowest BCUT2D eigenvalue weighted by atomic mass is 9.78. The second kappa shape index (κ2) is 35.5. The van der Waals surface area contributed by atoms with Crippen LogP contribution in [0.3, 0.4) is 0 Å². The van der Waals surface area contributed by atoms with E-state index < -0.39 is 113 Å². The van der Waals surface area contributed by atoms with E-state index in [9.17, 15) is 63.3 Å². The smallest absolute Gasteiger partial charge is 0.410 e. The van der Waals surface area contributed by atoms with Gasteiger partial charge in [0.25, 0.3) is 23.5 Å². The number of nitrogens with zero attached hydrogens (tertiary/aromatic N) is 4. The molecule has 5 aromatic rings. The molecule has 580 valence electrons. The van der Waals surface area contributed by atoms with E-state index in [-0.39, 0.29) is 136 Å². The second-order valence-corrected chi connectivity index (χ2v) is 29.0. The number of aromatic nitrogens is 1. The van der Waals surface area contributed by atoms with E-state index in [0.29, 0.717) is 68.6 Å². The van der Waals surface area contributed by atoms with Crippen molar-refractivity contribution in [1.82, 2.24) is 25.4 Å². The predicted molar refractivity (Wildman–Crippen MR) is 401 cm³/mol. The molecule has 4 aliphatic rings. The first-order valence-electron chi connectivity index (χ1n) is 36.6. The average Bonchev–Trinajstić information content (AvgIpc) is 1.42. The van der Waals surface area contributed by atoms with Gasteiger partial charge in [0, 0.05) is 149 Å². The van der Waals surface area contributed by atoms with Crippen LogP contribution >= 0.6 is 0 Å². The standard InChI is InChI=1S/C79H99N9O20/c1-41(2)64(84-58(91)21-14-13-15-34-88-59(92)28-29-60(88)93)55(90)38-50(20-17-33-81-77(80)101)76(100)82-51-24-22-49(23-25-51)40-104-78(102)86(11)52-30-35-87(36-31-52)53-26-27-54-57(39-53)107-73-65(83-54)61-62-69(96)47(8)72-63(61)74(98)79(10,108-72)105-37-32-56(103-12)44(5)71(106-48(9)89)46(7)68(95)45(6)67(94)42(3)18-16-19-43(4)75(99)85-66(73)70(62)97/h16,18-19,22-29,32,37,39,41-42,44-46,50,52,56,64,67-68,71,94-95,97H,13-15,17,20-21,30-31,33-36,38,40H2,1-12H3,(H,82,100)(H,84,91)(H,85,99)(H3,80,81,101)/b18-16+,37-32+,43-19-/t42-,44+,45+,46+,50+,56-,64-,67-,68+,71+,79-/m0/s1. The molecule has 0 radical (unpaired) electrons. The highest BCUT2D eigenvalue weighted by molar-refractivity contribution is 6.26. The number of ketones is 2. The summed E-state index contributed by atoms with van der Waals surface area (Å²) in [5, 5.41) is 46.2. The maximum Gasteiger partial charge on any atom is 0.410 e. The van der Waals surface area contributed by atoms with Crippen LogP contribution < -0.4 is 42.1 Å². The first-order valence-corrected chi connectivity index (χ1v) is 36.6. The fourth-order valence-corrected chi connectivity index (χ4v) is 14.3. The molecule has 1 saturated heterocycles. The minimum Gasteiger partial charge on any atom is -0.505 e. The van der Waals surface area contributed by atoms with Crippen molar-refractivity contribution in [3.05, 3.63) is 118 Å². The number of nitrogens with one attached hydrogen (secondary N) is 4. The number of Topliss-reactive ketones (excluding diaryl/α,β-unsaturated/α-hetero) is 2. The number of phenols is 1. The third-order valence-electron chi connectivity index (χ3n) is 20.9. The molecule has 4 aliphatic heterocycles. The summed E-state index contributed by atoms with van der Waals surface area (Å²) < 4.78 is 36.6. The van der Waals surface area contributed by atoms with Gasteiger partial charge in [0.1, 0.15) is 35.2 Å². The molecule has 0 unspecified atom stereocenters. The Morgan fingerprint density at radius 1 is 0.880 bits per heavy atom. The van der Waals surface area contributed by atoms with Gasteiger partial charge < -0.3 is 80.2 Å². The van der Waals surface area contributed by atoms with Crippen molar-refractivity contribution in [2.45, 2.75) is 176 Å². The van der Waals surface area contributed by atoms with Gasteiger partial charge in [-0.15, -0.1) is 0 Å². The van der Waals surface area contributed by atoms with E-state index in [4.69, 9.17) is 38.8 Å². The van der Waals surface area contributed by atoms with E-state index in [2.05, 4.69) is 26.2 Å². The number of allylic oxidation sites excluding steroid dienone is 2. The molecule has 0 saturated carbocycles. The Hall–Kier alpha value is -10.5. The Morgan fingerprint density at radius 3 is 2.23 bits per heavy atom. The van der Waals surface area contributed by atoms with Crippen LogP contribution in [0.1, 0.15) is 142 Å². The monoisotopic (exact) mass is 1490 g/mol. The summed E-state index contributed by atoms with van der Waals surface area (Å²) in [5.74, 6) is -10.9. The number of rotatable bonds is 23. The number of piperidine rings is 1. The Balaban J connectivity index is 0.883. The first kappa shape index (κ1) is 81.6. The topological polar surface area (TPSA) is 404 Å². The van der Waals surface area contributed by atoms with Crippen LogP contribution in [0.5, 0.6) is 11.5 Å². The maximum absolute atomic E-state index is 15.1. The summed E-state index contributed by atoms with van der Waals surface area (Å²) in [5.41, 5.74) is 6.03. The van der Waals surface area contributed by atoms with Crippen molar-refractivity contribution in [3.8, 4) is 11.5 Å². The third-order valence-corrected chi connectivity index (χ3v) is 20.9. The number of hydrogen-bond donors (Lipinski definition) is 8. The summed E-state index contributed by atoms with van der Waals surface area (Å²) in [7, 11) is 3.09. The second-order valence-electron chi connectivity index (χ2n) is 29.0. The van der Waals surface area contributed by atoms with Crippen molar-refractivity contribution in [3.63, 3.8) is 0 Å².